The van der Waals surface area contributed by atoms with E-state index in [1.165, 1.54) is 0 Å². The molecule has 0 radical (unpaired) electrons. The van der Waals surface area contributed by atoms with Crippen molar-refractivity contribution in [2.45, 2.75) is 45.8 Å². The molecule has 0 spiro atoms. The molecule has 1 saturated heterocycles. The SMILES string of the molecule is CC(C)COc1ccc(CNC(=O)N(Cc2ccnn2C)C2CCN(C)CC2)cc1. The van der Waals surface area contributed by atoms with Crippen LogP contribution in [0.2, 0.25) is 0 Å². The number of nitrogens with one attached hydrogen (secondary N) is 1. The lowest BCUT2D eigenvalue weighted by Gasteiger charge is -2.37. The van der Waals surface area contributed by atoms with E-state index in [9.17, 15) is 4.79 Å². The van der Waals surface area contributed by atoms with E-state index in [0.717, 1.165) is 42.9 Å². The van der Waals surface area contributed by atoms with Gasteiger partial charge in [0.2, 0.25) is 0 Å². The van der Waals surface area contributed by atoms with Gasteiger partial charge in [0.15, 0.2) is 0 Å². The average molecular weight is 414 g/mol. The summed E-state index contributed by atoms with van der Waals surface area (Å²) in [7, 11) is 4.05. The molecule has 7 nitrogen and oxygen atoms in total. The largest absolute Gasteiger partial charge is 0.493 e. The molecule has 1 aliphatic heterocycles. The Bertz CT molecular complexity index is 794. The van der Waals surface area contributed by atoms with E-state index in [4.69, 9.17) is 4.74 Å². The molecule has 1 aliphatic rings. The van der Waals surface area contributed by atoms with Crippen molar-refractivity contribution in [2.24, 2.45) is 13.0 Å². The van der Waals surface area contributed by atoms with Gasteiger partial charge in [0.05, 0.1) is 18.8 Å². The Morgan fingerprint density at radius 1 is 1.20 bits per heavy atom. The monoisotopic (exact) mass is 413 g/mol. The smallest absolute Gasteiger partial charge is 0.318 e. The highest BCUT2D eigenvalue weighted by molar-refractivity contribution is 5.74. The molecular weight excluding hydrogens is 378 g/mol. The Kier molecular flexibility index (Phi) is 7.74. The molecule has 1 N–H and O–H groups in total. The van der Waals surface area contributed by atoms with E-state index in [-0.39, 0.29) is 12.1 Å². The van der Waals surface area contributed by atoms with Crippen LogP contribution >= 0.6 is 0 Å². The zero-order valence-electron chi connectivity index (χ0n) is 18.7. The number of amides is 2. The summed E-state index contributed by atoms with van der Waals surface area (Å²) in [6.45, 7) is 8.05. The van der Waals surface area contributed by atoms with E-state index >= 15 is 0 Å². The summed E-state index contributed by atoms with van der Waals surface area (Å²) in [5, 5.41) is 7.36. The first-order chi connectivity index (χ1) is 14.4. The van der Waals surface area contributed by atoms with E-state index in [1.807, 2.05) is 47.0 Å². The van der Waals surface area contributed by atoms with Crippen molar-refractivity contribution in [1.29, 1.82) is 0 Å². The Morgan fingerprint density at radius 3 is 2.50 bits per heavy atom. The van der Waals surface area contributed by atoms with Crippen molar-refractivity contribution >= 4 is 6.03 Å². The number of aryl methyl sites for hydroxylation is 1. The van der Waals surface area contributed by atoms with Crippen LogP contribution in [0.4, 0.5) is 4.79 Å². The minimum Gasteiger partial charge on any atom is -0.493 e. The number of carbonyl (C=O) groups is 1. The third-order valence-corrected chi connectivity index (χ3v) is 5.59. The molecule has 0 bridgehead atoms. The van der Waals surface area contributed by atoms with Gasteiger partial charge in [0, 0.05) is 25.8 Å². The number of benzene rings is 1. The summed E-state index contributed by atoms with van der Waals surface area (Å²) in [6, 6.07) is 10.1. The first-order valence-corrected chi connectivity index (χ1v) is 10.8. The average Bonchev–Trinajstić information content (AvgIpc) is 3.14. The topological polar surface area (TPSA) is 62.6 Å². The molecule has 1 aromatic carbocycles. The molecule has 2 amide bonds. The molecule has 1 aromatic heterocycles. The summed E-state index contributed by atoms with van der Waals surface area (Å²) in [5.74, 6) is 1.36. The van der Waals surface area contributed by atoms with Crippen LogP contribution in [-0.2, 0) is 20.1 Å². The van der Waals surface area contributed by atoms with Crippen molar-refractivity contribution < 1.29 is 9.53 Å². The summed E-state index contributed by atoms with van der Waals surface area (Å²) in [6.07, 6.45) is 3.76. The van der Waals surface area contributed by atoms with Crippen LogP contribution in [-0.4, -0.2) is 58.4 Å². The number of hydrogen-bond donors (Lipinski definition) is 1. The summed E-state index contributed by atoms with van der Waals surface area (Å²) in [4.78, 5) is 17.4. The summed E-state index contributed by atoms with van der Waals surface area (Å²) >= 11 is 0. The molecule has 0 saturated carbocycles. The molecular formula is C23H35N5O2. The fourth-order valence-corrected chi connectivity index (χ4v) is 3.65. The second-order valence-electron chi connectivity index (χ2n) is 8.62. The Labute approximate surface area is 180 Å². The lowest BCUT2D eigenvalue weighted by atomic mass is 10.0. The second-order valence-corrected chi connectivity index (χ2v) is 8.62. The molecule has 2 aromatic rings. The molecule has 164 valence electrons. The molecule has 0 aliphatic carbocycles. The minimum atomic E-state index is -0.0223. The van der Waals surface area contributed by atoms with Gasteiger partial charge in [-0.3, -0.25) is 4.68 Å². The lowest BCUT2D eigenvalue weighted by Crippen LogP contribution is -2.49. The number of carbonyl (C=O) groups excluding carboxylic acids is 1. The molecule has 3 rings (SSSR count). The van der Waals surface area contributed by atoms with Crippen LogP contribution in [0.1, 0.15) is 37.9 Å². The zero-order chi connectivity index (χ0) is 21.5. The van der Waals surface area contributed by atoms with Crippen molar-refractivity contribution in [3.05, 3.63) is 47.8 Å². The fraction of sp³-hybridized carbons (Fsp3) is 0.565. The van der Waals surface area contributed by atoms with Crippen LogP contribution in [0.5, 0.6) is 5.75 Å². The van der Waals surface area contributed by atoms with Crippen molar-refractivity contribution in [3.63, 3.8) is 0 Å². The molecule has 0 atom stereocenters. The zero-order valence-corrected chi connectivity index (χ0v) is 18.7. The maximum Gasteiger partial charge on any atom is 0.318 e. The van der Waals surface area contributed by atoms with Crippen LogP contribution in [0.25, 0.3) is 0 Å². The van der Waals surface area contributed by atoms with Gasteiger partial charge in [-0.25, -0.2) is 4.79 Å². The number of likely N-dealkylation sites (tertiary alicyclic amines) is 1. The van der Waals surface area contributed by atoms with Gasteiger partial charge in [0.1, 0.15) is 5.75 Å². The number of piperidine rings is 1. The van der Waals surface area contributed by atoms with E-state index in [2.05, 4.69) is 36.2 Å². The molecule has 1 fully saturated rings. The van der Waals surface area contributed by atoms with Gasteiger partial charge in [0.25, 0.3) is 0 Å². The molecule has 0 unspecified atom stereocenters. The van der Waals surface area contributed by atoms with Gasteiger partial charge >= 0.3 is 6.03 Å². The number of hydrogen-bond acceptors (Lipinski definition) is 4. The number of rotatable bonds is 8. The van der Waals surface area contributed by atoms with Crippen LogP contribution in [0.3, 0.4) is 0 Å². The minimum absolute atomic E-state index is 0.0223. The number of nitrogens with zero attached hydrogens (tertiary/aromatic N) is 4. The first kappa shape index (κ1) is 22.2. The number of ether oxygens (including phenoxy) is 1. The molecule has 30 heavy (non-hydrogen) atoms. The summed E-state index contributed by atoms with van der Waals surface area (Å²) < 4.78 is 7.57. The Balaban J connectivity index is 1.60. The van der Waals surface area contributed by atoms with Crippen molar-refractivity contribution in [1.82, 2.24) is 24.9 Å². The third-order valence-electron chi connectivity index (χ3n) is 5.59. The lowest BCUT2D eigenvalue weighted by molar-refractivity contribution is 0.125. The highest BCUT2D eigenvalue weighted by Crippen LogP contribution is 2.19. The van der Waals surface area contributed by atoms with Gasteiger partial charge in [-0.1, -0.05) is 26.0 Å². The number of urea groups is 1. The second kappa shape index (κ2) is 10.5. The quantitative estimate of drug-likeness (QED) is 0.722. The molecule has 7 heteroatoms. The fourth-order valence-electron chi connectivity index (χ4n) is 3.65. The van der Waals surface area contributed by atoms with Crippen LogP contribution < -0.4 is 10.1 Å². The standard InChI is InChI=1S/C23H35N5O2/c1-18(2)17-30-22-7-5-19(6-8-22)15-24-23(29)28(16-21-9-12-25-27(21)4)20-10-13-26(3)14-11-20/h5-9,12,18,20H,10-11,13-17H2,1-4H3,(H,24,29). The van der Waals surface area contributed by atoms with Crippen molar-refractivity contribution in [3.8, 4) is 5.75 Å². The van der Waals surface area contributed by atoms with E-state index in [1.54, 1.807) is 6.20 Å². The van der Waals surface area contributed by atoms with Gasteiger partial charge in [-0.15, -0.1) is 0 Å². The predicted molar refractivity (Wildman–Crippen MR) is 118 cm³/mol. The first-order valence-electron chi connectivity index (χ1n) is 10.8. The summed E-state index contributed by atoms with van der Waals surface area (Å²) in [5.41, 5.74) is 2.10. The maximum atomic E-state index is 13.1. The third kappa shape index (κ3) is 6.23. The Hall–Kier alpha value is -2.54. The predicted octanol–water partition coefficient (Wildman–Crippen LogP) is 3.26. The van der Waals surface area contributed by atoms with Gasteiger partial charge in [-0.05, 0) is 62.7 Å². The van der Waals surface area contributed by atoms with E-state index in [0.29, 0.717) is 25.6 Å². The highest BCUT2D eigenvalue weighted by Gasteiger charge is 2.27. The van der Waals surface area contributed by atoms with Gasteiger partial charge < -0.3 is 19.9 Å². The van der Waals surface area contributed by atoms with Gasteiger partial charge in [-0.2, -0.15) is 5.10 Å². The number of aromatic nitrogens is 2. The van der Waals surface area contributed by atoms with Crippen molar-refractivity contribution in [2.75, 3.05) is 26.7 Å². The highest BCUT2D eigenvalue weighted by atomic mass is 16.5. The van der Waals surface area contributed by atoms with E-state index < -0.39 is 0 Å². The maximum absolute atomic E-state index is 13.1. The normalized spacial score (nSPS) is 15.4. The molecule has 2 heterocycles. The van der Waals surface area contributed by atoms with Crippen LogP contribution in [0, 0.1) is 5.92 Å². The van der Waals surface area contributed by atoms with Crippen LogP contribution in [0.15, 0.2) is 36.5 Å². The Morgan fingerprint density at radius 2 is 1.90 bits per heavy atom.